The lowest BCUT2D eigenvalue weighted by Crippen LogP contribution is -2.51. The summed E-state index contributed by atoms with van der Waals surface area (Å²) < 4.78 is 22.0. The molecule has 4 rings (SSSR count). The summed E-state index contributed by atoms with van der Waals surface area (Å²) in [4.78, 5) is 15.5. The summed E-state index contributed by atoms with van der Waals surface area (Å²) in [5, 5.41) is 10.9. The van der Waals surface area contributed by atoms with Crippen molar-refractivity contribution < 1.29 is 23.7 Å². The van der Waals surface area contributed by atoms with E-state index in [1.165, 1.54) is 0 Å². The molecule has 0 saturated carbocycles. The third-order valence-electron chi connectivity index (χ3n) is 6.42. The Labute approximate surface area is 211 Å². The van der Waals surface area contributed by atoms with Crippen LogP contribution in [-0.4, -0.2) is 39.2 Å². The van der Waals surface area contributed by atoms with Gasteiger partial charge in [-0.2, -0.15) is 5.26 Å². The Morgan fingerprint density at radius 2 is 1.47 bits per heavy atom. The number of ether oxygens (including phenoxy) is 4. The maximum atomic E-state index is 13.9. The Morgan fingerprint density at radius 1 is 0.861 bits per heavy atom. The van der Waals surface area contributed by atoms with Gasteiger partial charge in [-0.05, 0) is 60.5 Å². The van der Waals surface area contributed by atoms with Crippen molar-refractivity contribution in [1.29, 1.82) is 5.26 Å². The van der Waals surface area contributed by atoms with Crippen LogP contribution in [0.1, 0.15) is 34.0 Å². The number of amides is 1. The first-order chi connectivity index (χ1) is 17.4. The third kappa shape index (κ3) is 4.11. The summed E-state index contributed by atoms with van der Waals surface area (Å²) >= 11 is 0. The smallest absolute Gasteiger partial charge is 0.259 e. The molecule has 0 radical (unpaired) electrons. The minimum Gasteiger partial charge on any atom is -0.493 e. The van der Waals surface area contributed by atoms with E-state index in [2.05, 4.69) is 6.07 Å². The van der Waals surface area contributed by atoms with Crippen LogP contribution in [0.2, 0.25) is 0 Å². The van der Waals surface area contributed by atoms with Crippen molar-refractivity contribution in [3.05, 3.63) is 88.6 Å². The van der Waals surface area contributed by atoms with Gasteiger partial charge in [-0.3, -0.25) is 9.69 Å². The van der Waals surface area contributed by atoms with Crippen molar-refractivity contribution in [2.45, 2.75) is 18.9 Å². The normalized spacial score (nSPS) is 16.3. The minimum atomic E-state index is -1.37. The van der Waals surface area contributed by atoms with Crippen LogP contribution in [0.5, 0.6) is 23.0 Å². The molecule has 1 heterocycles. The molecule has 0 fully saturated rings. The molecule has 184 valence electrons. The molecular weight excluding hydrogens is 456 g/mol. The number of fused-ring (bicyclic) bond motifs is 1. The van der Waals surface area contributed by atoms with Crippen molar-refractivity contribution in [2.24, 2.45) is 0 Å². The highest BCUT2D eigenvalue weighted by molar-refractivity contribution is 5.97. The van der Waals surface area contributed by atoms with E-state index in [0.717, 1.165) is 11.1 Å². The van der Waals surface area contributed by atoms with E-state index >= 15 is 0 Å². The molecule has 3 aromatic rings. The molecule has 3 aromatic carbocycles. The molecule has 7 nitrogen and oxygen atoms in total. The SMILES string of the molecule is COc1ccc(CC2(C#N)c3cc(OC)c(OC)cc3C=C(C)N2C(=O)c2ccccc2)cc1OC. The Hall–Kier alpha value is -4.44. The number of nitrogens with zero attached hydrogens (tertiary/aromatic N) is 2. The fourth-order valence-corrected chi connectivity index (χ4v) is 4.74. The van der Waals surface area contributed by atoms with E-state index < -0.39 is 5.54 Å². The van der Waals surface area contributed by atoms with E-state index in [-0.39, 0.29) is 12.3 Å². The zero-order valence-electron chi connectivity index (χ0n) is 21.0. The molecule has 1 atom stereocenters. The van der Waals surface area contributed by atoms with Gasteiger partial charge in [0.15, 0.2) is 28.5 Å². The van der Waals surface area contributed by atoms with Gasteiger partial charge in [-0.15, -0.1) is 0 Å². The van der Waals surface area contributed by atoms with Gasteiger partial charge in [-0.25, -0.2) is 0 Å². The van der Waals surface area contributed by atoms with Gasteiger partial charge in [0.25, 0.3) is 5.91 Å². The predicted octanol–water partition coefficient (Wildman–Crippen LogP) is 5.20. The summed E-state index contributed by atoms with van der Waals surface area (Å²) in [6.07, 6.45) is 2.10. The maximum absolute atomic E-state index is 13.9. The molecule has 0 saturated heterocycles. The van der Waals surface area contributed by atoms with Gasteiger partial charge in [0, 0.05) is 23.2 Å². The number of allylic oxidation sites excluding steroid dienone is 1. The second-order valence-corrected chi connectivity index (χ2v) is 8.42. The largest absolute Gasteiger partial charge is 0.493 e. The number of carbonyl (C=O) groups is 1. The molecule has 0 bridgehead atoms. The Balaban J connectivity index is 1.97. The lowest BCUT2D eigenvalue weighted by atomic mass is 9.77. The zero-order valence-corrected chi connectivity index (χ0v) is 21.0. The molecule has 0 aliphatic carbocycles. The molecule has 36 heavy (non-hydrogen) atoms. The van der Waals surface area contributed by atoms with Crippen LogP contribution in [0.15, 0.2) is 66.4 Å². The number of carbonyl (C=O) groups excluding carboxylic acids is 1. The van der Waals surface area contributed by atoms with Crippen LogP contribution < -0.4 is 18.9 Å². The highest BCUT2D eigenvalue weighted by Gasteiger charge is 2.47. The monoisotopic (exact) mass is 484 g/mol. The van der Waals surface area contributed by atoms with E-state index in [1.54, 1.807) is 69.7 Å². The van der Waals surface area contributed by atoms with Crippen LogP contribution in [0.4, 0.5) is 0 Å². The number of hydrogen-bond acceptors (Lipinski definition) is 6. The first-order valence-electron chi connectivity index (χ1n) is 11.4. The first kappa shape index (κ1) is 24.7. The lowest BCUT2D eigenvalue weighted by Gasteiger charge is -2.43. The van der Waals surface area contributed by atoms with E-state index in [9.17, 15) is 10.1 Å². The highest BCUT2D eigenvalue weighted by atomic mass is 16.5. The van der Waals surface area contributed by atoms with Crippen LogP contribution in [0.25, 0.3) is 6.08 Å². The molecule has 0 spiro atoms. The predicted molar refractivity (Wildman–Crippen MR) is 136 cm³/mol. The maximum Gasteiger partial charge on any atom is 0.259 e. The van der Waals surface area contributed by atoms with Crippen LogP contribution in [0, 0.1) is 11.3 Å². The molecule has 1 aliphatic heterocycles. The summed E-state index contributed by atoms with van der Waals surface area (Å²) in [6, 6.07) is 20.6. The van der Waals surface area contributed by atoms with Gasteiger partial charge < -0.3 is 18.9 Å². The van der Waals surface area contributed by atoms with Gasteiger partial charge in [0.2, 0.25) is 0 Å². The lowest BCUT2D eigenvalue weighted by molar-refractivity contribution is 0.0666. The first-order valence-corrected chi connectivity index (χ1v) is 11.4. The average molecular weight is 485 g/mol. The number of methoxy groups -OCH3 is 4. The standard InChI is InChI=1S/C29H28N2O5/c1-19-13-22-15-26(35-4)27(36-5)16-23(22)29(18-30,31(19)28(32)21-9-7-6-8-10-21)17-20-11-12-24(33-2)25(14-20)34-3/h6-16H,17H2,1-5H3. The molecule has 7 heteroatoms. The highest BCUT2D eigenvalue weighted by Crippen LogP contribution is 2.46. The number of hydrogen-bond donors (Lipinski definition) is 0. The second-order valence-electron chi connectivity index (χ2n) is 8.42. The molecular formula is C29H28N2O5. The van der Waals surface area contributed by atoms with E-state index in [0.29, 0.717) is 39.8 Å². The van der Waals surface area contributed by atoms with Crippen molar-refractivity contribution in [2.75, 3.05) is 28.4 Å². The Kier molecular flexibility index (Phi) is 6.89. The molecule has 0 aromatic heterocycles. The second kappa shape index (κ2) is 10.0. The number of benzene rings is 3. The minimum absolute atomic E-state index is 0.204. The summed E-state index contributed by atoms with van der Waals surface area (Å²) in [5.41, 5.74) is 1.99. The van der Waals surface area contributed by atoms with Gasteiger partial charge >= 0.3 is 0 Å². The van der Waals surface area contributed by atoms with Crippen LogP contribution in [0.3, 0.4) is 0 Å². The molecule has 1 aliphatic rings. The molecule has 1 amide bonds. The zero-order chi connectivity index (χ0) is 25.9. The van der Waals surface area contributed by atoms with Crippen molar-refractivity contribution in [3.63, 3.8) is 0 Å². The van der Waals surface area contributed by atoms with Gasteiger partial charge in [0.05, 0.1) is 34.5 Å². The summed E-state index contributed by atoms with van der Waals surface area (Å²) in [7, 11) is 6.24. The number of rotatable bonds is 7. The van der Waals surface area contributed by atoms with Crippen LogP contribution >= 0.6 is 0 Å². The number of nitriles is 1. The summed E-state index contributed by atoms with van der Waals surface area (Å²) in [6.45, 7) is 1.83. The molecule has 1 unspecified atom stereocenters. The fraction of sp³-hybridized carbons (Fsp3) is 0.241. The average Bonchev–Trinajstić information content (AvgIpc) is 2.92. The molecule has 0 N–H and O–H groups in total. The van der Waals surface area contributed by atoms with Gasteiger partial charge in [0.1, 0.15) is 0 Å². The Morgan fingerprint density at radius 3 is 2.08 bits per heavy atom. The van der Waals surface area contributed by atoms with Crippen molar-refractivity contribution in [1.82, 2.24) is 4.90 Å². The van der Waals surface area contributed by atoms with Gasteiger partial charge in [-0.1, -0.05) is 24.3 Å². The third-order valence-corrected chi connectivity index (χ3v) is 6.42. The Bertz CT molecular complexity index is 1360. The van der Waals surface area contributed by atoms with E-state index in [4.69, 9.17) is 18.9 Å². The van der Waals surface area contributed by atoms with E-state index in [1.807, 2.05) is 37.3 Å². The van der Waals surface area contributed by atoms with Crippen molar-refractivity contribution >= 4 is 12.0 Å². The summed E-state index contributed by atoms with van der Waals surface area (Å²) in [5.74, 6) is 1.87. The van der Waals surface area contributed by atoms with Crippen molar-refractivity contribution in [3.8, 4) is 29.1 Å². The fourth-order valence-electron chi connectivity index (χ4n) is 4.74. The quantitative estimate of drug-likeness (QED) is 0.459. The topological polar surface area (TPSA) is 81.0 Å². The van der Waals surface area contributed by atoms with Crippen LogP contribution in [-0.2, 0) is 12.0 Å².